The van der Waals surface area contributed by atoms with Crippen LogP contribution in [0.5, 0.6) is 0 Å². The number of hydrogen-bond donors (Lipinski definition) is 0. The van der Waals surface area contributed by atoms with Crippen LogP contribution < -0.4 is 0 Å². The quantitative estimate of drug-likeness (QED) is 0.381. The van der Waals surface area contributed by atoms with Crippen LogP contribution in [-0.4, -0.2) is 27.0 Å². The zero-order valence-electron chi connectivity index (χ0n) is 12.4. The zero-order chi connectivity index (χ0) is 15.9. The Labute approximate surface area is 142 Å². The number of aromatic nitrogens is 2. The molecule has 118 valence electrons. The molecule has 1 unspecified atom stereocenters. The van der Waals surface area contributed by atoms with Gasteiger partial charge in [0.2, 0.25) is 0 Å². The van der Waals surface area contributed by atoms with Crippen molar-refractivity contribution in [1.29, 1.82) is 0 Å². The summed E-state index contributed by atoms with van der Waals surface area (Å²) in [5, 5.41) is 7.99. The Bertz CT molecular complexity index is 616. The predicted octanol–water partition coefficient (Wildman–Crippen LogP) is 4.93. The first kappa shape index (κ1) is 17.4. The second-order valence-electron chi connectivity index (χ2n) is 4.67. The van der Waals surface area contributed by atoms with Gasteiger partial charge < -0.3 is 0 Å². The Balaban J connectivity index is 1.92. The molecule has 0 spiro atoms. The number of benzene rings is 1. The predicted molar refractivity (Wildman–Crippen MR) is 91.6 cm³/mol. The fourth-order valence-corrected chi connectivity index (χ4v) is 5.06. The monoisotopic (exact) mass is 356 g/mol. The highest BCUT2D eigenvalue weighted by Gasteiger charge is 2.18. The lowest BCUT2D eigenvalue weighted by molar-refractivity contribution is 0.0994. The van der Waals surface area contributed by atoms with E-state index >= 15 is 0 Å². The smallest absolute Gasteiger partial charge is 0.175 e. The molecule has 0 aliphatic heterocycles. The van der Waals surface area contributed by atoms with Crippen molar-refractivity contribution >= 4 is 40.6 Å². The lowest BCUT2D eigenvalue weighted by atomic mass is 10.1. The van der Waals surface area contributed by atoms with Gasteiger partial charge in [0.15, 0.2) is 14.5 Å². The molecule has 0 bridgehead atoms. The van der Waals surface area contributed by atoms with Crippen LogP contribution in [0.2, 0.25) is 0 Å². The van der Waals surface area contributed by atoms with Gasteiger partial charge in [-0.1, -0.05) is 48.2 Å². The molecule has 1 atom stereocenters. The van der Waals surface area contributed by atoms with Crippen molar-refractivity contribution in [2.24, 2.45) is 0 Å². The number of rotatable bonds is 8. The molecule has 1 aromatic carbocycles. The lowest BCUT2D eigenvalue weighted by Gasteiger charge is -2.07. The number of unbranched alkanes of at least 4 members (excludes halogenated alkanes) is 1. The largest absolute Gasteiger partial charge is 0.293 e. The van der Waals surface area contributed by atoms with Crippen molar-refractivity contribution in [3.05, 3.63) is 35.6 Å². The molecular formula is C15H17FN2OS3. The van der Waals surface area contributed by atoms with Gasteiger partial charge >= 0.3 is 0 Å². The molecule has 1 aromatic heterocycles. The van der Waals surface area contributed by atoms with Crippen LogP contribution in [0.25, 0.3) is 0 Å². The summed E-state index contributed by atoms with van der Waals surface area (Å²) in [7, 11) is 0. The lowest BCUT2D eigenvalue weighted by Crippen LogP contribution is -2.13. The summed E-state index contributed by atoms with van der Waals surface area (Å²) in [6, 6.07) is 5.64. The van der Waals surface area contributed by atoms with E-state index < -0.39 is 0 Å². The van der Waals surface area contributed by atoms with Gasteiger partial charge in [-0.2, -0.15) is 0 Å². The van der Waals surface area contributed by atoms with Crippen molar-refractivity contribution in [3.63, 3.8) is 0 Å². The number of hydrogen-bond acceptors (Lipinski definition) is 6. The average molecular weight is 357 g/mol. The van der Waals surface area contributed by atoms with E-state index in [1.807, 2.05) is 6.92 Å². The van der Waals surface area contributed by atoms with Crippen molar-refractivity contribution < 1.29 is 9.18 Å². The van der Waals surface area contributed by atoms with Gasteiger partial charge in [-0.05, 0) is 37.6 Å². The van der Waals surface area contributed by atoms with Crippen LogP contribution in [-0.2, 0) is 0 Å². The number of thioether (sulfide) groups is 2. The second kappa shape index (κ2) is 8.64. The average Bonchev–Trinajstić information content (AvgIpc) is 2.95. The molecule has 1 heterocycles. The fraction of sp³-hybridized carbons (Fsp3) is 0.400. The van der Waals surface area contributed by atoms with Gasteiger partial charge in [0.25, 0.3) is 0 Å². The SMILES string of the molecule is CCCCSc1nnc(SC(C)C(=O)c2ccc(F)cc2)s1. The molecule has 0 saturated carbocycles. The summed E-state index contributed by atoms with van der Waals surface area (Å²) in [6.07, 6.45) is 2.32. The zero-order valence-corrected chi connectivity index (χ0v) is 14.9. The van der Waals surface area contributed by atoms with Gasteiger partial charge in [0, 0.05) is 11.3 Å². The molecule has 0 N–H and O–H groups in total. The molecule has 2 aromatic rings. The highest BCUT2D eigenvalue weighted by Crippen LogP contribution is 2.32. The maximum absolute atomic E-state index is 12.9. The summed E-state index contributed by atoms with van der Waals surface area (Å²) in [5.41, 5.74) is 0.517. The maximum atomic E-state index is 12.9. The van der Waals surface area contributed by atoms with Gasteiger partial charge in [-0.3, -0.25) is 4.79 Å². The maximum Gasteiger partial charge on any atom is 0.175 e. The first-order valence-corrected chi connectivity index (χ1v) is 9.71. The van der Waals surface area contributed by atoms with E-state index in [9.17, 15) is 9.18 Å². The molecular weight excluding hydrogens is 339 g/mol. The highest BCUT2D eigenvalue weighted by molar-refractivity contribution is 8.03. The first-order valence-electron chi connectivity index (χ1n) is 7.03. The van der Waals surface area contributed by atoms with Gasteiger partial charge in [-0.15, -0.1) is 10.2 Å². The van der Waals surface area contributed by atoms with Crippen molar-refractivity contribution in [1.82, 2.24) is 10.2 Å². The molecule has 0 saturated heterocycles. The summed E-state index contributed by atoms with van der Waals surface area (Å²) >= 11 is 4.62. The minimum absolute atomic E-state index is 0.0274. The van der Waals surface area contributed by atoms with E-state index in [1.54, 1.807) is 11.8 Å². The number of halogens is 1. The van der Waals surface area contributed by atoms with Crippen molar-refractivity contribution in [2.45, 2.75) is 40.6 Å². The summed E-state index contributed by atoms with van der Waals surface area (Å²) in [5.74, 6) is 0.676. The third-order valence-corrected chi connectivity index (χ3v) is 6.21. The number of carbonyl (C=O) groups excluding carboxylic acids is 1. The third kappa shape index (κ3) is 5.07. The molecule has 7 heteroatoms. The van der Waals surface area contributed by atoms with Crippen molar-refractivity contribution in [3.8, 4) is 0 Å². The molecule has 3 nitrogen and oxygen atoms in total. The normalized spacial score (nSPS) is 12.3. The Morgan fingerprint density at radius 1 is 1.27 bits per heavy atom. The Morgan fingerprint density at radius 2 is 1.95 bits per heavy atom. The Hall–Kier alpha value is -0.920. The molecule has 0 aliphatic rings. The Morgan fingerprint density at radius 3 is 2.64 bits per heavy atom. The van der Waals surface area contributed by atoms with Crippen LogP contribution in [0, 0.1) is 5.82 Å². The van der Waals surface area contributed by atoms with Gasteiger partial charge in [0.1, 0.15) is 5.82 Å². The van der Waals surface area contributed by atoms with Gasteiger partial charge in [-0.25, -0.2) is 4.39 Å². The molecule has 0 fully saturated rings. The van der Waals surface area contributed by atoms with E-state index in [2.05, 4.69) is 17.1 Å². The van der Waals surface area contributed by atoms with Crippen molar-refractivity contribution in [2.75, 3.05) is 5.75 Å². The second-order valence-corrected chi connectivity index (χ2v) is 8.57. The minimum Gasteiger partial charge on any atom is -0.293 e. The van der Waals surface area contributed by atoms with E-state index in [4.69, 9.17) is 0 Å². The molecule has 2 rings (SSSR count). The minimum atomic E-state index is -0.338. The number of ketones is 1. The fourth-order valence-electron chi connectivity index (χ4n) is 1.66. The summed E-state index contributed by atoms with van der Waals surface area (Å²) in [6.45, 7) is 3.99. The van der Waals surface area contributed by atoms with Crippen LogP contribution in [0.3, 0.4) is 0 Å². The third-order valence-electron chi connectivity index (χ3n) is 2.89. The molecule has 0 aliphatic carbocycles. The van der Waals surface area contributed by atoms with Crippen LogP contribution in [0.4, 0.5) is 4.39 Å². The number of Topliss-reactive ketones (excluding diaryl/α,β-unsaturated/α-hetero) is 1. The Kier molecular flexibility index (Phi) is 6.85. The van der Waals surface area contributed by atoms with E-state index in [0.29, 0.717) is 5.56 Å². The molecule has 0 radical (unpaired) electrons. The summed E-state index contributed by atoms with van der Waals surface area (Å²) in [4.78, 5) is 12.3. The molecule has 0 amide bonds. The highest BCUT2D eigenvalue weighted by atomic mass is 32.2. The van der Waals surface area contributed by atoms with E-state index in [0.717, 1.165) is 27.3 Å². The summed E-state index contributed by atoms with van der Waals surface area (Å²) < 4.78 is 14.6. The van der Waals surface area contributed by atoms with E-state index in [-0.39, 0.29) is 16.9 Å². The first-order chi connectivity index (χ1) is 10.6. The standard InChI is InChI=1S/C15H17FN2OS3/c1-3-4-9-20-14-17-18-15(22-14)21-10(2)13(19)11-5-7-12(16)8-6-11/h5-8,10H,3-4,9H2,1-2H3. The van der Waals surface area contributed by atoms with Crippen LogP contribution in [0.1, 0.15) is 37.0 Å². The molecule has 22 heavy (non-hydrogen) atoms. The van der Waals surface area contributed by atoms with E-state index in [1.165, 1.54) is 47.4 Å². The van der Waals surface area contributed by atoms with Crippen LogP contribution >= 0.6 is 34.9 Å². The van der Waals surface area contributed by atoms with Crippen LogP contribution in [0.15, 0.2) is 32.9 Å². The topological polar surface area (TPSA) is 42.9 Å². The number of nitrogens with zero attached hydrogens (tertiary/aromatic N) is 2. The number of carbonyl (C=O) groups is 1. The van der Waals surface area contributed by atoms with Gasteiger partial charge in [0.05, 0.1) is 5.25 Å².